The summed E-state index contributed by atoms with van der Waals surface area (Å²) in [6.07, 6.45) is 3.70. The molecule has 0 radical (unpaired) electrons. The van der Waals surface area contributed by atoms with Crippen LogP contribution in [-0.4, -0.2) is 22.8 Å². The lowest BCUT2D eigenvalue weighted by Crippen LogP contribution is -2.15. The van der Waals surface area contributed by atoms with Gasteiger partial charge < -0.3 is 9.15 Å². The van der Waals surface area contributed by atoms with Gasteiger partial charge >= 0.3 is 0 Å². The van der Waals surface area contributed by atoms with Crippen molar-refractivity contribution in [1.29, 1.82) is 0 Å². The zero-order valence-electron chi connectivity index (χ0n) is 14.5. The van der Waals surface area contributed by atoms with Crippen LogP contribution in [0.3, 0.4) is 0 Å². The molecule has 4 rings (SSSR count). The maximum Gasteiger partial charge on any atom is 0.266 e. The van der Waals surface area contributed by atoms with Crippen LogP contribution < -0.4 is 9.46 Å². The average molecular weight is 471 g/mol. The first-order valence-electron chi connectivity index (χ1n) is 7.98. The number of nitrogens with one attached hydrogen (secondary N) is 1. The quantitative estimate of drug-likeness (QED) is 0.434. The normalized spacial score (nSPS) is 11.4. The summed E-state index contributed by atoms with van der Waals surface area (Å²) >= 11 is 6.73. The fourth-order valence-corrected chi connectivity index (χ4v) is 4.34. The lowest BCUT2D eigenvalue weighted by atomic mass is 10.1. The summed E-state index contributed by atoms with van der Waals surface area (Å²) < 4.78 is 70.2. The molecule has 30 heavy (non-hydrogen) atoms. The van der Waals surface area contributed by atoms with Crippen LogP contribution in [0.25, 0.3) is 11.3 Å². The van der Waals surface area contributed by atoms with Gasteiger partial charge in [0.05, 0.1) is 11.8 Å². The molecule has 0 spiro atoms. The highest BCUT2D eigenvalue weighted by Gasteiger charge is 2.24. The van der Waals surface area contributed by atoms with Crippen LogP contribution in [0.5, 0.6) is 11.5 Å². The lowest BCUT2D eigenvalue weighted by Gasteiger charge is -2.12. The van der Waals surface area contributed by atoms with Gasteiger partial charge in [-0.2, -0.15) is 4.37 Å². The fraction of sp³-hybridized carbons (Fsp3) is 0. The molecule has 0 fully saturated rings. The highest BCUT2D eigenvalue weighted by Crippen LogP contribution is 2.37. The van der Waals surface area contributed by atoms with Gasteiger partial charge in [0.1, 0.15) is 22.8 Å². The summed E-state index contributed by atoms with van der Waals surface area (Å²) in [6.45, 7) is 0. The summed E-state index contributed by atoms with van der Waals surface area (Å²) in [5.41, 5.74) is 0.342. The molecule has 2 heterocycles. The van der Waals surface area contributed by atoms with E-state index in [9.17, 15) is 17.2 Å². The number of anilines is 1. The van der Waals surface area contributed by atoms with Gasteiger partial charge in [0.25, 0.3) is 10.0 Å². The molecule has 0 aliphatic heterocycles. The van der Waals surface area contributed by atoms with Gasteiger partial charge in [-0.15, -0.1) is 0 Å². The van der Waals surface area contributed by atoms with E-state index < -0.39 is 32.3 Å². The molecule has 154 valence electrons. The lowest BCUT2D eigenvalue weighted by molar-refractivity contribution is 0.432. The predicted molar refractivity (Wildman–Crippen MR) is 104 cm³/mol. The number of hydrogen-bond acceptors (Lipinski definition) is 8. The Morgan fingerprint density at radius 3 is 2.67 bits per heavy atom. The third-order valence-electron chi connectivity index (χ3n) is 3.72. The largest absolute Gasteiger partial charge is 0.453 e. The number of ether oxygens (including phenoxy) is 1. The van der Waals surface area contributed by atoms with Crippen LogP contribution in [0.15, 0.2) is 58.6 Å². The van der Waals surface area contributed by atoms with Gasteiger partial charge in [-0.25, -0.2) is 27.2 Å². The van der Waals surface area contributed by atoms with Crippen molar-refractivity contribution in [3.8, 4) is 22.8 Å². The number of oxazole rings is 1. The Morgan fingerprint density at radius 2 is 1.97 bits per heavy atom. The standard InChI is InChI=1S/C17H9ClF2N4O4S2/c18-9-1-2-13(10(3-9)15-6-21-8-27-15)28-14-4-12(20)16(5-11(14)19)30(25,26)24-17-22-7-23-29-17/h1-8H,(H,22,23,24). The van der Waals surface area contributed by atoms with Crippen molar-refractivity contribution in [3.63, 3.8) is 0 Å². The second-order valence-electron chi connectivity index (χ2n) is 5.67. The summed E-state index contributed by atoms with van der Waals surface area (Å²) in [6, 6.07) is 5.55. The predicted octanol–water partition coefficient (Wildman–Crippen LogP) is 4.72. The molecule has 2 aromatic heterocycles. The average Bonchev–Trinajstić information content (AvgIpc) is 3.39. The Labute approximate surface area is 177 Å². The van der Waals surface area contributed by atoms with E-state index in [1.165, 1.54) is 30.8 Å². The molecule has 0 atom stereocenters. The number of rotatable bonds is 6. The summed E-state index contributed by atoms with van der Waals surface area (Å²) in [4.78, 5) is 6.53. The van der Waals surface area contributed by atoms with Crippen molar-refractivity contribution < 1.29 is 26.4 Å². The maximum absolute atomic E-state index is 14.6. The van der Waals surface area contributed by atoms with E-state index in [0.29, 0.717) is 22.7 Å². The van der Waals surface area contributed by atoms with E-state index >= 15 is 0 Å². The fourth-order valence-electron chi connectivity index (χ4n) is 2.43. The number of aromatic nitrogens is 3. The highest BCUT2D eigenvalue weighted by molar-refractivity contribution is 7.93. The molecular weight excluding hydrogens is 462 g/mol. The SMILES string of the molecule is O=S(=O)(Nc1ncns1)c1cc(F)c(Oc2ccc(Cl)cc2-c2cnco2)cc1F. The first-order valence-corrected chi connectivity index (χ1v) is 10.6. The van der Waals surface area contributed by atoms with Crippen LogP contribution in [-0.2, 0) is 10.0 Å². The van der Waals surface area contributed by atoms with Crippen molar-refractivity contribution in [2.75, 3.05) is 4.72 Å². The second kappa shape index (κ2) is 7.97. The minimum atomic E-state index is -4.43. The van der Waals surface area contributed by atoms with Crippen LogP contribution in [0.2, 0.25) is 5.02 Å². The molecule has 2 aromatic carbocycles. The second-order valence-corrected chi connectivity index (χ2v) is 8.54. The van der Waals surface area contributed by atoms with Crippen molar-refractivity contribution >= 4 is 38.3 Å². The first kappa shape index (κ1) is 20.2. The molecule has 0 amide bonds. The van der Waals surface area contributed by atoms with Crippen molar-refractivity contribution in [1.82, 2.24) is 14.3 Å². The Hall–Kier alpha value is -3.09. The topological polar surface area (TPSA) is 107 Å². The van der Waals surface area contributed by atoms with Crippen LogP contribution >= 0.6 is 23.1 Å². The number of sulfonamides is 1. The van der Waals surface area contributed by atoms with Gasteiger partial charge in [0, 0.05) is 28.7 Å². The monoisotopic (exact) mass is 470 g/mol. The maximum atomic E-state index is 14.6. The number of benzene rings is 2. The molecule has 0 unspecified atom stereocenters. The van der Waals surface area contributed by atoms with Crippen molar-refractivity contribution in [2.24, 2.45) is 0 Å². The molecule has 4 aromatic rings. The smallest absolute Gasteiger partial charge is 0.266 e. The third kappa shape index (κ3) is 4.10. The van der Waals surface area contributed by atoms with Gasteiger partial charge in [0.2, 0.25) is 5.13 Å². The van der Waals surface area contributed by atoms with Crippen LogP contribution in [0.4, 0.5) is 13.9 Å². The molecule has 0 saturated carbocycles. The van der Waals surface area contributed by atoms with Crippen LogP contribution in [0.1, 0.15) is 0 Å². The zero-order chi connectivity index (χ0) is 21.3. The van der Waals surface area contributed by atoms with E-state index in [1.807, 2.05) is 4.72 Å². The molecule has 0 aliphatic carbocycles. The van der Waals surface area contributed by atoms with E-state index in [2.05, 4.69) is 14.3 Å². The van der Waals surface area contributed by atoms with Gasteiger partial charge in [-0.05, 0) is 18.2 Å². The molecular formula is C17H9ClF2N4O4S2. The number of halogens is 3. The minimum absolute atomic E-state index is 0.0898. The van der Waals surface area contributed by atoms with E-state index in [-0.39, 0.29) is 16.6 Å². The Bertz CT molecular complexity index is 1300. The molecule has 0 aliphatic rings. The zero-order valence-corrected chi connectivity index (χ0v) is 16.9. The van der Waals surface area contributed by atoms with Gasteiger partial charge in [0.15, 0.2) is 23.7 Å². The molecule has 8 nitrogen and oxygen atoms in total. The summed E-state index contributed by atoms with van der Waals surface area (Å²) in [7, 11) is -4.43. The third-order valence-corrected chi connectivity index (χ3v) is 6.02. The number of hydrogen-bond donors (Lipinski definition) is 1. The first-order chi connectivity index (χ1) is 14.3. The van der Waals surface area contributed by atoms with Gasteiger partial charge in [-0.3, -0.25) is 4.72 Å². The summed E-state index contributed by atoms with van der Waals surface area (Å²) in [5, 5.41) is 0.262. The van der Waals surface area contributed by atoms with E-state index in [0.717, 1.165) is 17.9 Å². The van der Waals surface area contributed by atoms with Crippen molar-refractivity contribution in [2.45, 2.75) is 4.90 Å². The highest BCUT2D eigenvalue weighted by atomic mass is 35.5. The number of nitrogens with zero attached hydrogens (tertiary/aromatic N) is 3. The minimum Gasteiger partial charge on any atom is -0.453 e. The Balaban J connectivity index is 1.69. The van der Waals surface area contributed by atoms with Gasteiger partial charge in [-0.1, -0.05) is 11.6 Å². The van der Waals surface area contributed by atoms with E-state index in [4.69, 9.17) is 20.8 Å². The Morgan fingerprint density at radius 1 is 1.13 bits per heavy atom. The molecule has 0 saturated heterocycles. The molecule has 13 heteroatoms. The van der Waals surface area contributed by atoms with E-state index in [1.54, 1.807) is 0 Å². The molecule has 1 N–H and O–H groups in total. The van der Waals surface area contributed by atoms with Crippen LogP contribution in [0, 0.1) is 11.6 Å². The summed E-state index contributed by atoms with van der Waals surface area (Å²) in [5.74, 6) is -2.48. The van der Waals surface area contributed by atoms with Crippen molar-refractivity contribution in [3.05, 3.63) is 65.9 Å². The molecule has 0 bridgehead atoms. The Kier molecular flexibility index (Phi) is 5.37.